The number of ether oxygens (including phenoxy) is 1. The third kappa shape index (κ3) is 8.33. The van der Waals surface area contributed by atoms with Gasteiger partial charge in [0.25, 0.3) is 0 Å². The number of carbonyl (C=O) groups excluding carboxylic acids is 1. The lowest BCUT2D eigenvalue weighted by atomic mass is 10.1. The van der Waals surface area contributed by atoms with E-state index in [1.165, 1.54) is 0 Å². The Kier molecular flexibility index (Phi) is 9.73. The van der Waals surface area contributed by atoms with Crippen molar-refractivity contribution in [3.05, 3.63) is 29.8 Å². The van der Waals surface area contributed by atoms with Crippen molar-refractivity contribution in [3.8, 4) is 0 Å². The number of carbonyl (C=O) groups is 2. The molecule has 1 amide bonds. The molecule has 124 valence electrons. The van der Waals surface area contributed by atoms with Crippen LogP contribution in [-0.4, -0.2) is 29.8 Å². The van der Waals surface area contributed by atoms with E-state index in [1.807, 2.05) is 6.07 Å². The summed E-state index contributed by atoms with van der Waals surface area (Å²) in [6, 6.07) is 6.25. The van der Waals surface area contributed by atoms with E-state index >= 15 is 0 Å². The van der Waals surface area contributed by atoms with Crippen molar-refractivity contribution in [2.45, 2.75) is 31.9 Å². The molecule has 1 aromatic rings. The van der Waals surface area contributed by atoms with Crippen LogP contribution in [-0.2, 0) is 16.1 Å². The summed E-state index contributed by atoms with van der Waals surface area (Å²) >= 11 is 0. The Labute approximate surface area is 135 Å². The molecule has 0 bridgehead atoms. The number of aliphatic carboxylic acids is 1. The molecule has 0 aliphatic carbocycles. The van der Waals surface area contributed by atoms with E-state index in [2.05, 4.69) is 5.32 Å². The third-order valence-corrected chi connectivity index (χ3v) is 2.85. The first-order valence-corrected chi connectivity index (χ1v) is 6.72. The van der Waals surface area contributed by atoms with Crippen LogP contribution in [0.25, 0.3) is 0 Å². The van der Waals surface area contributed by atoms with Crippen LogP contribution in [0.4, 0.5) is 10.5 Å². The van der Waals surface area contributed by atoms with Crippen molar-refractivity contribution in [1.29, 1.82) is 0 Å². The lowest BCUT2D eigenvalue weighted by molar-refractivity contribution is -0.138. The number of rotatable bonds is 8. The number of hydrogen-bond donors (Lipinski definition) is 4. The van der Waals surface area contributed by atoms with Gasteiger partial charge in [0, 0.05) is 12.2 Å². The number of amides is 1. The SMILES string of the molecule is Cl.Nc1cccc(COC(=O)NCCCCC(N)C(=O)O)c1. The molecular weight excluding hydrogens is 310 g/mol. The minimum absolute atomic E-state index is 0. The molecule has 1 aromatic carbocycles. The smallest absolute Gasteiger partial charge is 0.407 e. The Hall–Kier alpha value is -1.99. The maximum Gasteiger partial charge on any atom is 0.407 e. The van der Waals surface area contributed by atoms with Crippen molar-refractivity contribution in [2.24, 2.45) is 5.73 Å². The van der Waals surface area contributed by atoms with Gasteiger partial charge in [-0.25, -0.2) is 4.79 Å². The molecule has 1 atom stereocenters. The van der Waals surface area contributed by atoms with Gasteiger partial charge in [-0.2, -0.15) is 0 Å². The van der Waals surface area contributed by atoms with Gasteiger partial charge in [0.15, 0.2) is 0 Å². The Morgan fingerprint density at radius 3 is 2.68 bits per heavy atom. The first-order valence-electron chi connectivity index (χ1n) is 6.72. The van der Waals surface area contributed by atoms with Crippen molar-refractivity contribution in [3.63, 3.8) is 0 Å². The molecule has 22 heavy (non-hydrogen) atoms. The van der Waals surface area contributed by atoms with Gasteiger partial charge in [-0.1, -0.05) is 12.1 Å². The zero-order valence-electron chi connectivity index (χ0n) is 12.2. The molecule has 0 saturated heterocycles. The van der Waals surface area contributed by atoms with Crippen LogP contribution >= 0.6 is 12.4 Å². The standard InChI is InChI=1S/C14H21N3O4.ClH/c15-11-5-3-4-10(8-11)9-21-14(20)17-7-2-1-6-12(16)13(18)19;/h3-5,8,12H,1-2,6-7,9,15-16H2,(H,17,20)(H,18,19);1H. The lowest BCUT2D eigenvalue weighted by Crippen LogP contribution is -2.30. The number of benzene rings is 1. The molecule has 0 radical (unpaired) electrons. The summed E-state index contributed by atoms with van der Waals surface area (Å²) in [6.45, 7) is 0.572. The maximum absolute atomic E-state index is 11.4. The Bertz CT molecular complexity index is 485. The monoisotopic (exact) mass is 331 g/mol. The number of nitrogens with one attached hydrogen (secondary N) is 1. The van der Waals surface area contributed by atoms with E-state index in [-0.39, 0.29) is 19.0 Å². The van der Waals surface area contributed by atoms with E-state index in [0.717, 1.165) is 5.56 Å². The Morgan fingerprint density at radius 2 is 2.05 bits per heavy atom. The quantitative estimate of drug-likeness (QED) is 0.422. The molecule has 8 heteroatoms. The van der Waals surface area contributed by atoms with Crippen LogP contribution in [0, 0.1) is 0 Å². The molecule has 0 aromatic heterocycles. The van der Waals surface area contributed by atoms with Gasteiger partial charge in [-0.15, -0.1) is 12.4 Å². The van der Waals surface area contributed by atoms with Gasteiger partial charge in [0.1, 0.15) is 12.6 Å². The minimum Gasteiger partial charge on any atom is -0.480 e. The second kappa shape index (κ2) is 10.7. The van der Waals surface area contributed by atoms with Gasteiger partial charge in [-0.3, -0.25) is 4.79 Å². The molecule has 0 saturated carbocycles. The zero-order chi connectivity index (χ0) is 15.7. The highest BCUT2D eigenvalue weighted by Crippen LogP contribution is 2.07. The van der Waals surface area contributed by atoms with Crippen LogP contribution in [0.3, 0.4) is 0 Å². The van der Waals surface area contributed by atoms with Crippen LogP contribution < -0.4 is 16.8 Å². The van der Waals surface area contributed by atoms with Gasteiger partial charge >= 0.3 is 12.1 Å². The van der Waals surface area contributed by atoms with Crippen molar-refractivity contribution in [1.82, 2.24) is 5.32 Å². The van der Waals surface area contributed by atoms with E-state index in [4.69, 9.17) is 21.3 Å². The maximum atomic E-state index is 11.4. The highest BCUT2D eigenvalue weighted by Gasteiger charge is 2.10. The number of nitrogens with two attached hydrogens (primary N) is 2. The average molecular weight is 332 g/mol. The summed E-state index contributed by atoms with van der Waals surface area (Å²) < 4.78 is 5.02. The van der Waals surface area contributed by atoms with Crippen LogP contribution in [0.1, 0.15) is 24.8 Å². The molecule has 1 unspecified atom stereocenters. The summed E-state index contributed by atoms with van der Waals surface area (Å²) in [4.78, 5) is 21.9. The van der Waals surface area contributed by atoms with Crippen LogP contribution in [0.15, 0.2) is 24.3 Å². The normalized spacial score (nSPS) is 11.1. The van der Waals surface area contributed by atoms with Crippen LogP contribution in [0.2, 0.25) is 0 Å². The number of unbranched alkanes of at least 4 members (excludes halogenated alkanes) is 1. The van der Waals surface area contributed by atoms with Gasteiger partial charge < -0.3 is 26.6 Å². The summed E-state index contributed by atoms with van der Waals surface area (Å²) in [5.41, 5.74) is 12.4. The average Bonchev–Trinajstić information content (AvgIpc) is 2.44. The topological polar surface area (TPSA) is 128 Å². The summed E-state index contributed by atoms with van der Waals surface area (Å²) in [6.07, 6.45) is 1.15. The number of anilines is 1. The lowest BCUT2D eigenvalue weighted by Gasteiger charge is -2.08. The Balaban J connectivity index is 0.00000441. The van der Waals surface area contributed by atoms with Crippen molar-refractivity contribution >= 4 is 30.2 Å². The summed E-state index contributed by atoms with van der Waals surface area (Å²) in [5.74, 6) is -1.01. The number of alkyl carbamates (subject to hydrolysis) is 1. The molecule has 7 nitrogen and oxygen atoms in total. The fourth-order valence-corrected chi connectivity index (χ4v) is 1.69. The number of halogens is 1. The van der Waals surface area contributed by atoms with Gasteiger partial charge in [-0.05, 0) is 37.0 Å². The Morgan fingerprint density at radius 1 is 1.32 bits per heavy atom. The van der Waals surface area contributed by atoms with Crippen molar-refractivity contribution in [2.75, 3.05) is 12.3 Å². The second-order valence-electron chi connectivity index (χ2n) is 4.69. The molecule has 0 spiro atoms. The molecule has 0 aliphatic heterocycles. The van der Waals surface area contributed by atoms with Crippen LogP contribution in [0.5, 0.6) is 0 Å². The van der Waals surface area contributed by atoms with E-state index in [9.17, 15) is 9.59 Å². The first-order chi connectivity index (χ1) is 9.99. The molecule has 0 fully saturated rings. The summed E-state index contributed by atoms with van der Waals surface area (Å²) in [7, 11) is 0. The fraction of sp³-hybridized carbons (Fsp3) is 0.429. The zero-order valence-corrected chi connectivity index (χ0v) is 13.0. The number of hydrogen-bond acceptors (Lipinski definition) is 5. The highest BCUT2D eigenvalue weighted by molar-refractivity contribution is 5.85. The third-order valence-electron chi connectivity index (χ3n) is 2.85. The molecule has 6 N–H and O–H groups in total. The van der Waals surface area contributed by atoms with Gasteiger partial charge in [0.05, 0.1) is 0 Å². The first kappa shape index (κ1) is 20.0. The highest BCUT2D eigenvalue weighted by atomic mass is 35.5. The van der Waals surface area contributed by atoms with E-state index < -0.39 is 18.1 Å². The fourth-order valence-electron chi connectivity index (χ4n) is 1.69. The largest absolute Gasteiger partial charge is 0.480 e. The van der Waals surface area contributed by atoms with E-state index in [1.54, 1.807) is 18.2 Å². The van der Waals surface area contributed by atoms with E-state index in [0.29, 0.717) is 31.5 Å². The predicted molar refractivity (Wildman–Crippen MR) is 85.8 cm³/mol. The summed E-state index contributed by atoms with van der Waals surface area (Å²) in [5, 5.41) is 11.2. The minimum atomic E-state index is -1.01. The number of carboxylic acids is 1. The molecule has 1 rings (SSSR count). The van der Waals surface area contributed by atoms with Gasteiger partial charge in [0.2, 0.25) is 0 Å². The number of carboxylic acid groups (broad SMARTS) is 1. The number of nitrogen functional groups attached to an aromatic ring is 1. The molecule has 0 aliphatic rings. The molecule has 0 heterocycles. The second-order valence-corrected chi connectivity index (χ2v) is 4.69. The van der Waals surface area contributed by atoms with Crippen molar-refractivity contribution < 1.29 is 19.4 Å². The molecular formula is C14H22ClN3O4. The predicted octanol–water partition coefficient (Wildman–Crippen LogP) is 1.50.